The van der Waals surface area contributed by atoms with E-state index in [9.17, 15) is 24.0 Å². The molecule has 3 rings (SSSR count). The van der Waals surface area contributed by atoms with Gasteiger partial charge in [-0.25, -0.2) is 4.79 Å². The highest BCUT2D eigenvalue weighted by Crippen LogP contribution is 2.28. The lowest BCUT2D eigenvalue weighted by Crippen LogP contribution is -2.41. The van der Waals surface area contributed by atoms with Crippen molar-refractivity contribution < 1.29 is 36.1 Å². The zero-order valence-corrected chi connectivity index (χ0v) is 21.0. The molecule has 38 heavy (non-hydrogen) atoms. The standard InChI is InChI=1S/C25H31N5O8/c1-15(31)27-18-12-22(38-19(18)14-36-3)30-11-10-20(29-25(30)35)28-24(34)17-6-4-16(5-7-17)13-37-23(33)9-8-21(32)26-2/h4-7,10-11,18-19,22H,8-9,12-14H2,1-3H3,(H,26,32)(H,27,31)(H,28,29,34,35)/t18-,19-,22-/m1/s1/i3TD/t3?,18-,19-,22-. The molecule has 1 aromatic heterocycles. The third kappa shape index (κ3) is 7.95. The van der Waals surface area contributed by atoms with Crippen LogP contribution in [0.1, 0.15) is 51.1 Å². The van der Waals surface area contributed by atoms with Gasteiger partial charge in [0.15, 0.2) is 0 Å². The van der Waals surface area contributed by atoms with E-state index in [2.05, 4.69) is 20.9 Å². The van der Waals surface area contributed by atoms with E-state index < -0.39 is 43.0 Å². The summed E-state index contributed by atoms with van der Waals surface area (Å²) >= 11 is 0. The van der Waals surface area contributed by atoms with Crippen LogP contribution in [0.15, 0.2) is 41.3 Å². The molecular weight excluding hydrogens is 498 g/mol. The highest BCUT2D eigenvalue weighted by molar-refractivity contribution is 6.03. The number of benzene rings is 1. The number of nitrogens with zero attached hydrogens (tertiary/aromatic N) is 2. The number of carbonyl (C=O) groups excluding carboxylic acids is 4. The average Bonchev–Trinajstić information content (AvgIpc) is 3.30. The van der Waals surface area contributed by atoms with Crippen LogP contribution in [0.5, 0.6) is 0 Å². The minimum atomic E-state index is -1.52. The van der Waals surface area contributed by atoms with Gasteiger partial charge in [0.25, 0.3) is 5.91 Å². The molecule has 1 aliphatic heterocycles. The largest absolute Gasteiger partial charge is 0.461 e. The van der Waals surface area contributed by atoms with Gasteiger partial charge < -0.3 is 30.2 Å². The van der Waals surface area contributed by atoms with Crippen molar-refractivity contribution in [3.05, 3.63) is 58.1 Å². The van der Waals surface area contributed by atoms with Gasteiger partial charge in [-0.3, -0.25) is 23.7 Å². The minimum absolute atomic E-state index is 0.0138. The van der Waals surface area contributed by atoms with E-state index in [0.29, 0.717) is 5.56 Å². The van der Waals surface area contributed by atoms with Gasteiger partial charge in [-0.1, -0.05) is 12.1 Å². The van der Waals surface area contributed by atoms with Crippen molar-refractivity contribution in [1.82, 2.24) is 20.2 Å². The molecule has 1 aromatic carbocycles. The zero-order chi connectivity index (χ0) is 29.2. The summed E-state index contributed by atoms with van der Waals surface area (Å²) in [5.74, 6) is -1.58. The van der Waals surface area contributed by atoms with E-state index in [1.807, 2.05) is 0 Å². The summed E-state index contributed by atoms with van der Waals surface area (Å²) in [5, 5.41) is 7.69. The van der Waals surface area contributed by atoms with Crippen LogP contribution >= 0.6 is 0 Å². The van der Waals surface area contributed by atoms with Crippen LogP contribution in [0.2, 0.25) is 0 Å². The summed E-state index contributed by atoms with van der Waals surface area (Å²) in [5.41, 5.74) is 0.227. The highest BCUT2D eigenvalue weighted by Gasteiger charge is 2.37. The smallest absolute Gasteiger partial charge is 0.351 e. The maximum absolute atomic E-state index is 12.7. The second kappa shape index (κ2) is 13.4. The van der Waals surface area contributed by atoms with Crippen LogP contribution in [0.4, 0.5) is 5.82 Å². The summed E-state index contributed by atoms with van der Waals surface area (Å²) in [7, 11) is -0.0385. The van der Waals surface area contributed by atoms with E-state index in [1.54, 1.807) is 12.1 Å². The van der Waals surface area contributed by atoms with Crippen molar-refractivity contribution in [2.45, 2.75) is 51.2 Å². The molecule has 3 amide bonds. The number of nitrogens with one attached hydrogen (secondary N) is 3. The quantitative estimate of drug-likeness (QED) is 0.349. The molecule has 3 N–H and O–H groups in total. The highest BCUT2D eigenvalue weighted by atomic mass is 16.6. The Labute approximate surface area is 221 Å². The van der Waals surface area contributed by atoms with Crippen LogP contribution in [0, 0.1) is 0 Å². The number of rotatable bonds is 11. The average molecular weight is 533 g/mol. The predicted octanol–water partition coefficient (Wildman–Crippen LogP) is 0.504. The first-order chi connectivity index (χ1) is 19.0. The van der Waals surface area contributed by atoms with Crippen molar-refractivity contribution in [2.75, 3.05) is 26.0 Å². The Morgan fingerprint density at radius 1 is 1.24 bits per heavy atom. The van der Waals surface area contributed by atoms with Gasteiger partial charge in [0.2, 0.25) is 11.8 Å². The predicted molar refractivity (Wildman–Crippen MR) is 134 cm³/mol. The summed E-state index contributed by atoms with van der Waals surface area (Å²) in [6.07, 6.45) is 0.179. The molecule has 2 aromatic rings. The Morgan fingerprint density at radius 3 is 2.66 bits per heavy atom. The van der Waals surface area contributed by atoms with E-state index in [-0.39, 0.29) is 55.7 Å². The minimum Gasteiger partial charge on any atom is -0.461 e. The maximum Gasteiger partial charge on any atom is 0.351 e. The molecule has 0 bridgehead atoms. The number of anilines is 1. The zero-order valence-electron chi connectivity index (χ0n) is 23.0. The Kier molecular flexibility index (Phi) is 9.04. The molecule has 0 aliphatic carbocycles. The summed E-state index contributed by atoms with van der Waals surface area (Å²) in [6, 6.07) is 7.20. The monoisotopic (exact) mass is 532 g/mol. The van der Waals surface area contributed by atoms with E-state index in [0.717, 1.165) is 0 Å². The number of ether oxygens (including phenoxy) is 3. The number of amides is 3. The van der Waals surface area contributed by atoms with Crippen LogP contribution in [0.3, 0.4) is 0 Å². The fourth-order valence-electron chi connectivity index (χ4n) is 3.78. The molecule has 13 heteroatoms. The van der Waals surface area contributed by atoms with Crippen molar-refractivity contribution >= 4 is 29.5 Å². The van der Waals surface area contributed by atoms with Gasteiger partial charge in [-0.15, -0.1) is 0 Å². The SMILES string of the molecule is [2H]C([3H])OC[C@H]1O[C@@H](n2ccc(NC(=O)c3ccc(COC(=O)CCC(=O)NC)cc3)nc2=O)C[C@H]1NC(C)=O. The molecule has 0 saturated carbocycles. The molecule has 204 valence electrons. The first kappa shape index (κ1) is 25.5. The lowest BCUT2D eigenvalue weighted by molar-refractivity contribution is -0.146. The van der Waals surface area contributed by atoms with Crippen LogP contribution in [-0.4, -0.2) is 66.1 Å². The maximum atomic E-state index is 12.7. The molecule has 1 saturated heterocycles. The molecule has 1 aliphatic rings. The molecule has 13 nitrogen and oxygen atoms in total. The van der Waals surface area contributed by atoms with Crippen molar-refractivity contribution in [2.24, 2.45) is 0 Å². The number of carbonyl (C=O) groups is 4. The normalized spacial score (nSPS) is 20.0. The van der Waals surface area contributed by atoms with E-state index in [4.69, 9.17) is 17.0 Å². The van der Waals surface area contributed by atoms with Crippen LogP contribution in [0.25, 0.3) is 0 Å². The number of methoxy groups -OCH3 is 1. The molecule has 0 spiro atoms. The van der Waals surface area contributed by atoms with Crippen LogP contribution in [-0.2, 0) is 35.2 Å². The van der Waals surface area contributed by atoms with E-state index >= 15 is 0 Å². The third-order valence-corrected chi connectivity index (χ3v) is 5.72. The second-order valence-electron chi connectivity index (χ2n) is 8.49. The molecule has 4 atom stereocenters. The van der Waals surface area contributed by atoms with Gasteiger partial charge >= 0.3 is 11.7 Å². The molecule has 1 fully saturated rings. The first-order valence-electron chi connectivity index (χ1n) is 13.0. The number of esters is 1. The number of aromatic nitrogens is 2. The van der Waals surface area contributed by atoms with Gasteiger partial charge in [0.1, 0.15) is 24.8 Å². The molecule has 0 radical (unpaired) electrons. The second-order valence-corrected chi connectivity index (χ2v) is 8.49. The fraction of sp³-hybridized carbons (Fsp3) is 0.440. The molecular formula is C25H31N5O8. The summed E-state index contributed by atoms with van der Waals surface area (Å²) < 4.78 is 31.5. The Balaban J connectivity index is 1.57. The van der Waals surface area contributed by atoms with E-state index in [1.165, 1.54) is 42.9 Å². The number of hydrogen-bond acceptors (Lipinski definition) is 9. The van der Waals surface area contributed by atoms with Crippen molar-refractivity contribution in [1.29, 1.82) is 0 Å². The fourth-order valence-corrected chi connectivity index (χ4v) is 3.78. The lowest BCUT2D eigenvalue weighted by Gasteiger charge is -2.17. The molecule has 2 heterocycles. The first-order valence-corrected chi connectivity index (χ1v) is 11.8. The summed E-state index contributed by atoms with van der Waals surface area (Å²) in [4.78, 5) is 63.7. The molecule has 1 unspecified atom stereocenters. The Bertz CT molecular complexity index is 1270. The van der Waals surface area contributed by atoms with Crippen LogP contribution < -0.4 is 21.6 Å². The topological polar surface area (TPSA) is 167 Å². The van der Waals surface area contributed by atoms with Gasteiger partial charge in [0, 0.05) is 45.6 Å². The Hall–Kier alpha value is -4.10. The lowest BCUT2D eigenvalue weighted by atomic mass is 10.1. The van der Waals surface area contributed by atoms with Gasteiger partial charge in [-0.05, 0) is 23.8 Å². The summed E-state index contributed by atoms with van der Waals surface area (Å²) in [6.45, 7) is 1.21. The van der Waals surface area contributed by atoms with Crippen molar-refractivity contribution in [3.63, 3.8) is 0 Å². The van der Waals surface area contributed by atoms with Gasteiger partial charge in [0.05, 0.1) is 21.8 Å². The Morgan fingerprint density at radius 2 is 2.00 bits per heavy atom. The number of hydrogen-bond donors (Lipinski definition) is 3. The van der Waals surface area contributed by atoms with Gasteiger partial charge in [-0.2, -0.15) is 4.98 Å². The van der Waals surface area contributed by atoms with Crippen molar-refractivity contribution in [3.8, 4) is 0 Å². The third-order valence-electron chi connectivity index (χ3n) is 5.72.